The lowest BCUT2D eigenvalue weighted by molar-refractivity contribution is -0.118. The number of amides is 1. The van der Waals surface area contributed by atoms with Crippen LogP contribution in [-0.4, -0.2) is 22.4 Å². The molecule has 6 nitrogen and oxygen atoms in total. The molecule has 6 heteroatoms. The number of nitrogens with zero attached hydrogens (tertiary/aromatic N) is 2. The predicted octanol–water partition coefficient (Wildman–Crippen LogP) is 0.126. The van der Waals surface area contributed by atoms with Crippen molar-refractivity contribution in [2.24, 2.45) is 5.73 Å². The maximum atomic E-state index is 10.4. The number of hydrogen-bond donors (Lipinski definition) is 3. The van der Waals surface area contributed by atoms with Crippen molar-refractivity contribution >= 4 is 17.7 Å². The predicted molar refractivity (Wildman–Crippen MR) is 58.0 cm³/mol. The minimum Gasteiger partial charge on any atom is -0.384 e. The van der Waals surface area contributed by atoms with Gasteiger partial charge in [-0.3, -0.25) is 4.79 Å². The number of primary amides is 1. The highest BCUT2D eigenvalue weighted by atomic mass is 16.1. The average Bonchev–Trinajstić information content (AvgIpc) is 2.17. The van der Waals surface area contributed by atoms with Gasteiger partial charge >= 0.3 is 0 Å². The number of nitrogens with one attached hydrogen (secondary N) is 1. The van der Waals surface area contributed by atoms with E-state index >= 15 is 0 Å². The number of rotatable bonds is 6. The zero-order valence-electron chi connectivity index (χ0n) is 8.44. The van der Waals surface area contributed by atoms with Crippen LogP contribution < -0.4 is 16.8 Å². The third-order valence-electron chi connectivity index (χ3n) is 1.81. The number of hydrogen-bond acceptors (Lipinski definition) is 5. The number of anilines is 2. The van der Waals surface area contributed by atoms with E-state index in [2.05, 4.69) is 15.3 Å². The Morgan fingerprint density at radius 1 is 1.47 bits per heavy atom. The molecule has 0 aliphatic heterocycles. The first-order chi connectivity index (χ1) is 7.18. The van der Waals surface area contributed by atoms with Crippen molar-refractivity contribution in [3.63, 3.8) is 0 Å². The fraction of sp³-hybridized carbons (Fsp3) is 0.444. The van der Waals surface area contributed by atoms with Gasteiger partial charge in [0.2, 0.25) is 11.9 Å². The third-order valence-corrected chi connectivity index (χ3v) is 1.81. The van der Waals surface area contributed by atoms with Crippen molar-refractivity contribution < 1.29 is 4.79 Å². The van der Waals surface area contributed by atoms with Crippen LogP contribution in [0, 0.1) is 0 Å². The molecular formula is C9H15N5O. The topological polar surface area (TPSA) is 107 Å². The molecule has 1 rings (SSSR count). The largest absolute Gasteiger partial charge is 0.384 e. The minimum absolute atomic E-state index is 0.268. The Hall–Kier alpha value is -1.85. The van der Waals surface area contributed by atoms with Gasteiger partial charge in [0.05, 0.1) is 0 Å². The van der Waals surface area contributed by atoms with E-state index in [1.165, 1.54) is 0 Å². The van der Waals surface area contributed by atoms with Crippen LogP contribution in [0.2, 0.25) is 0 Å². The lowest BCUT2D eigenvalue weighted by Crippen LogP contribution is -2.11. The zero-order chi connectivity index (χ0) is 11.1. The van der Waals surface area contributed by atoms with E-state index in [0.29, 0.717) is 24.7 Å². The molecule has 1 aromatic rings. The molecule has 1 aromatic heterocycles. The fourth-order valence-corrected chi connectivity index (χ4v) is 1.08. The summed E-state index contributed by atoms with van der Waals surface area (Å²) >= 11 is 0. The molecule has 0 bridgehead atoms. The molecule has 0 aliphatic rings. The molecule has 0 saturated heterocycles. The standard InChI is InChI=1S/C9H15N5O/c10-7-4-6-13-9(14-7)12-5-2-1-3-8(11)15/h4,6H,1-3,5H2,(H2,11,15)(H3,10,12,13,14). The Bertz CT molecular complexity index is 328. The summed E-state index contributed by atoms with van der Waals surface area (Å²) in [5, 5.41) is 3.00. The number of carbonyl (C=O) groups excluding carboxylic acids is 1. The molecule has 0 aromatic carbocycles. The van der Waals surface area contributed by atoms with Gasteiger partial charge in [-0.25, -0.2) is 4.98 Å². The lowest BCUT2D eigenvalue weighted by atomic mass is 10.2. The number of nitrogens with two attached hydrogens (primary N) is 2. The van der Waals surface area contributed by atoms with Crippen molar-refractivity contribution in [3.8, 4) is 0 Å². The molecular weight excluding hydrogens is 194 g/mol. The third kappa shape index (κ3) is 4.80. The lowest BCUT2D eigenvalue weighted by Gasteiger charge is -2.03. The van der Waals surface area contributed by atoms with Gasteiger partial charge in [0.15, 0.2) is 0 Å². The fourth-order valence-electron chi connectivity index (χ4n) is 1.08. The smallest absolute Gasteiger partial charge is 0.224 e. The van der Waals surface area contributed by atoms with Crippen LogP contribution in [0.1, 0.15) is 19.3 Å². The molecule has 82 valence electrons. The zero-order valence-corrected chi connectivity index (χ0v) is 8.44. The van der Waals surface area contributed by atoms with Crippen LogP contribution in [-0.2, 0) is 4.79 Å². The maximum Gasteiger partial charge on any atom is 0.224 e. The summed E-state index contributed by atoms with van der Waals surface area (Å²) in [6, 6.07) is 1.62. The minimum atomic E-state index is -0.268. The summed E-state index contributed by atoms with van der Waals surface area (Å²) in [7, 11) is 0. The highest BCUT2D eigenvalue weighted by Crippen LogP contribution is 2.02. The monoisotopic (exact) mass is 209 g/mol. The van der Waals surface area contributed by atoms with Gasteiger partial charge in [0.1, 0.15) is 5.82 Å². The first-order valence-electron chi connectivity index (χ1n) is 4.79. The van der Waals surface area contributed by atoms with E-state index in [-0.39, 0.29) is 5.91 Å². The molecule has 0 spiro atoms. The first-order valence-corrected chi connectivity index (χ1v) is 4.79. The Morgan fingerprint density at radius 2 is 2.27 bits per heavy atom. The second-order valence-corrected chi connectivity index (χ2v) is 3.16. The Balaban J connectivity index is 2.17. The molecule has 1 heterocycles. The van der Waals surface area contributed by atoms with Crippen LogP contribution >= 0.6 is 0 Å². The highest BCUT2D eigenvalue weighted by molar-refractivity contribution is 5.73. The molecule has 0 radical (unpaired) electrons. The summed E-state index contributed by atoms with van der Waals surface area (Å²) in [5.74, 6) is 0.675. The van der Waals surface area contributed by atoms with Crippen LogP contribution in [0.25, 0.3) is 0 Å². The van der Waals surface area contributed by atoms with Crippen LogP contribution in [0.3, 0.4) is 0 Å². The van der Waals surface area contributed by atoms with Crippen LogP contribution in [0.15, 0.2) is 12.3 Å². The Morgan fingerprint density at radius 3 is 2.93 bits per heavy atom. The number of unbranched alkanes of at least 4 members (excludes halogenated alkanes) is 1. The van der Waals surface area contributed by atoms with Gasteiger partial charge in [-0.2, -0.15) is 4.98 Å². The van der Waals surface area contributed by atoms with E-state index in [0.717, 1.165) is 12.8 Å². The van der Waals surface area contributed by atoms with Gasteiger partial charge in [-0.05, 0) is 18.9 Å². The van der Waals surface area contributed by atoms with Gasteiger partial charge in [0, 0.05) is 19.2 Å². The molecule has 0 aliphatic carbocycles. The molecule has 0 fully saturated rings. The summed E-state index contributed by atoms with van der Waals surface area (Å²) in [6.45, 7) is 0.705. The molecule has 15 heavy (non-hydrogen) atoms. The van der Waals surface area contributed by atoms with Crippen molar-refractivity contribution in [2.45, 2.75) is 19.3 Å². The van der Waals surface area contributed by atoms with Crippen LogP contribution in [0.4, 0.5) is 11.8 Å². The van der Waals surface area contributed by atoms with Crippen molar-refractivity contribution in [1.82, 2.24) is 9.97 Å². The van der Waals surface area contributed by atoms with Crippen molar-refractivity contribution in [2.75, 3.05) is 17.6 Å². The van der Waals surface area contributed by atoms with E-state index in [1.807, 2.05) is 0 Å². The molecule has 0 saturated carbocycles. The van der Waals surface area contributed by atoms with E-state index in [4.69, 9.17) is 11.5 Å². The summed E-state index contributed by atoms with van der Waals surface area (Å²) < 4.78 is 0. The number of nitrogen functional groups attached to an aromatic ring is 1. The summed E-state index contributed by atoms with van der Waals surface area (Å²) in [6.07, 6.45) is 3.62. The molecule has 5 N–H and O–H groups in total. The number of carbonyl (C=O) groups is 1. The highest BCUT2D eigenvalue weighted by Gasteiger charge is 1.97. The average molecular weight is 209 g/mol. The molecule has 0 atom stereocenters. The second kappa shape index (κ2) is 5.79. The van der Waals surface area contributed by atoms with Gasteiger partial charge < -0.3 is 16.8 Å². The van der Waals surface area contributed by atoms with Crippen molar-refractivity contribution in [3.05, 3.63) is 12.3 Å². The van der Waals surface area contributed by atoms with E-state index in [1.54, 1.807) is 12.3 Å². The normalized spacial score (nSPS) is 9.87. The Labute approximate surface area is 88.1 Å². The Kier molecular flexibility index (Phi) is 4.33. The number of aromatic nitrogens is 2. The first kappa shape index (κ1) is 11.2. The SMILES string of the molecule is NC(=O)CCCCNc1nccc(N)n1. The van der Waals surface area contributed by atoms with E-state index in [9.17, 15) is 4.79 Å². The summed E-state index contributed by atoms with van der Waals surface area (Å²) in [4.78, 5) is 18.4. The van der Waals surface area contributed by atoms with E-state index < -0.39 is 0 Å². The van der Waals surface area contributed by atoms with Crippen LogP contribution in [0.5, 0.6) is 0 Å². The quantitative estimate of drug-likeness (QED) is 0.577. The summed E-state index contributed by atoms with van der Waals surface area (Å²) in [5.41, 5.74) is 10.5. The molecule has 0 unspecified atom stereocenters. The van der Waals surface area contributed by atoms with Gasteiger partial charge in [-0.15, -0.1) is 0 Å². The van der Waals surface area contributed by atoms with Crippen molar-refractivity contribution in [1.29, 1.82) is 0 Å². The molecule has 1 amide bonds. The van der Waals surface area contributed by atoms with Gasteiger partial charge in [0.25, 0.3) is 0 Å². The van der Waals surface area contributed by atoms with Gasteiger partial charge in [-0.1, -0.05) is 0 Å². The maximum absolute atomic E-state index is 10.4. The second-order valence-electron chi connectivity index (χ2n) is 3.16.